The van der Waals surface area contributed by atoms with Crippen molar-refractivity contribution < 1.29 is 19.4 Å². The fraction of sp³-hybridized carbons (Fsp3) is 0.625. The average molecular weight is 327 g/mol. The second-order valence-corrected chi connectivity index (χ2v) is 7.57. The third-order valence-electron chi connectivity index (χ3n) is 2.91. The molecule has 22 heavy (non-hydrogen) atoms. The number of rotatable bonds is 8. The Morgan fingerprint density at radius 1 is 1.27 bits per heavy atom. The van der Waals surface area contributed by atoms with Crippen LogP contribution in [0.15, 0.2) is 12.1 Å². The number of carbonyl (C=O) groups excluding carboxylic acids is 1. The predicted octanol–water partition coefficient (Wildman–Crippen LogP) is 2.76. The summed E-state index contributed by atoms with van der Waals surface area (Å²) in [6.07, 6.45) is 3.07. The monoisotopic (exact) mass is 327 g/mol. The van der Waals surface area contributed by atoms with Crippen molar-refractivity contribution in [2.24, 2.45) is 5.73 Å². The maximum atomic E-state index is 11.8. The van der Waals surface area contributed by atoms with Gasteiger partial charge in [0.15, 0.2) is 0 Å². The molecule has 1 aromatic rings. The Bertz CT molecular complexity index is 504. The number of carboxylic acids is 1. The van der Waals surface area contributed by atoms with E-state index in [1.807, 2.05) is 32.9 Å². The molecule has 124 valence electrons. The quantitative estimate of drug-likeness (QED) is 0.566. The lowest BCUT2D eigenvalue weighted by atomic mass is 10.1. The zero-order chi connectivity index (χ0) is 16.8. The zero-order valence-electron chi connectivity index (χ0n) is 13.4. The third kappa shape index (κ3) is 7.56. The lowest BCUT2D eigenvalue weighted by Crippen LogP contribution is -2.38. The van der Waals surface area contributed by atoms with Crippen molar-refractivity contribution in [3.63, 3.8) is 0 Å². The molecule has 0 unspecified atom stereocenters. The van der Waals surface area contributed by atoms with Crippen molar-refractivity contribution >= 4 is 23.3 Å². The maximum absolute atomic E-state index is 11.8. The van der Waals surface area contributed by atoms with Crippen LogP contribution in [0.1, 0.15) is 49.8 Å². The number of aryl methyl sites for hydroxylation is 1. The van der Waals surface area contributed by atoms with Crippen molar-refractivity contribution in [3.05, 3.63) is 21.9 Å². The fourth-order valence-corrected chi connectivity index (χ4v) is 3.04. The largest absolute Gasteiger partial charge is 0.481 e. The maximum Gasteiger partial charge on any atom is 0.323 e. The normalized spacial score (nSPS) is 12.9. The standard InChI is InChI=1S/C16H25NO4S/c1-16(2,3)21-15(20)13(17)10-12-9-8-11(22-12)6-4-5-7-14(18)19/h8-9,13H,4-7,10,17H2,1-3H3,(H,18,19)/t13-/m0/s1. The predicted molar refractivity (Wildman–Crippen MR) is 87.0 cm³/mol. The molecule has 0 bridgehead atoms. The van der Waals surface area contributed by atoms with Gasteiger partial charge < -0.3 is 15.6 Å². The molecule has 1 heterocycles. The molecule has 0 fully saturated rings. The Kier molecular flexibility index (Phi) is 7.03. The van der Waals surface area contributed by atoms with Crippen molar-refractivity contribution in [1.29, 1.82) is 0 Å². The first-order chi connectivity index (χ1) is 10.2. The van der Waals surface area contributed by atoms with Crippen LogP contribution in [0.2, 0.25) is 0 Å². The van der Waals surface area contributed by atoms with Gasteiger partial charge in [0.25, 0.3) is 0 Å². The summed E-state index contributed by atoms with van der Waals surface area (Å²) in [5, 5.41) is 8.59. The lowest BCUT2D eigenvalue weighted by Gasteiger charge is -2.21. The van der Waals surface area contributed by atoms with Gasteiger partial charge in [-0.3, -0.25) is 9.59 Å². The number of esters is 1. The average Bonchev–Trinajstić information content (AvgIpc) is 2.80. The summed E-state index contributed by atoms with van der Waals surface area (Å²) < 4.78 is 5.27. The molecule has 1 aromatic heterocycles. The molecule has 0 spiro atoms. The highest BCUT2D eigenvalue weighted by Crippen LogP contribution is 2.21. The van der Waals surface area contributed by atoms with E-state index in [9.17, 15) is 9.59 Å². The molecule has 1 rings (SSSR count). The first-order valence-electron chi connectivity index (χ1n) is 7.45. The van der Waals surface area contributed by atoms with Gasteiger partial charge in [0.1, 0.15) is 11.6 Å². The van der Waals surface area contributed by atoms with Gasteiger partial charge in [-0.15, -0.1) is 11.3 Å². The summed E-state index contributed by atoms with van der Waals surface area (Å²) >= 11 is 1.62. The molecule has 6 heteroatoms. The Balaban J connectivity index is 2.41. The molecule has 5 nitrogen and oxygen atoms in total. The molecule has 0 amide bonds. The van der Waals surface area contributed by atoms with Gasteiger partial charge >= 0.3 is 11.9 Å². The summed E-state index contributed by atoms with van der Waals surface area (Å²) in [6, 6.07) is 3.34. The summed E-state index contributed by atoms with van der Waals surface area (Å²) in [4.78, 5) is 24.5. The van der Waals surface area contributed by atoms with Crippen LogP contribution in [0.25, 0.3) is 0 Å². The van der Waals surface area contributed by atoms with Crippen LogP contribution in [-0.2, 0) is 27.2 Å². The summed E-state index contributed by atoms with van der Waals surface area (Å²) in [7, 11) is 0. The molecule has 0 radical (unpaired) electrons. The topological polar surface area (TPSA) is 89.6 Å². The molecule has 3 N–H and O–H groups in total. The van der Waals surface area contributed by atoms with Gasteiger partial charge in [-0.25, -0.2) is 0 Å². The van der Waals surface area contributed by atoms with E-state index in [2.05, 4.69) is 0 Å². The van der Waals surface area contributed by atoms with E-state index in [0.717, 1.165) is 17.7 Å². The second kappa shape index (κ2) is 8.29. The van der Waals surface area contributed by atoms with E-state index >= 15 is 0 Å². The van der Waals surface area contributed by atoms with Crippen molar-refractivity contribution in [2.75, 3.05) is 0 Å². The minimum atomic E-state index is -0.754. The third-order valence-corrected chi connectivity index (χ3v) is 4.08. The number of hydrogen-bond acceptors (Lipinski definition) is 5. The van der Waals surface area contributed by atoms with Crippen LogP contribution < -0.4 is 5.73 Å². The van der Waals surface area contributed by atoms with Crippen LogP contribution in [0.3, 0.4) is 0 Å². The molecule has 0 aliphatic rings. The van der Waals surface area contributed by atoms with Crippen LogP contribution in [0, 0.1) is 0 Å². The Morgan fingerprint density at radius 3 is 2.50 bits per heavy atom. The van der Waals surface area contributed by atoms with Gasteiger partial charge in [-0.1, -0.05) is 0 Å². The van der Waals surface area contributed by atoms with E-state index in [1.54, 1.807) is 11.3 Å². The van der Waals surface area contributed by atoms with Gasteiger partial charge in [-0.2, -0.15) is 0 Å². The van der Waals surface area contributed by atoms with Crippen LogP contribution in [0.5, 0.6) is 0 Å². The highest BCUT2D eigenvalue weighted by atomic mass is 32.1. The number of unbranched alkanes of at least 4 members (excludes halogenated alkanes) is 1. The van der Waals surface area contributed by atoms with Gasteiger partial charge in [-0.05, 0) is 52.2 Å². The van der Waals surface area contributed by atoms with E-state index in [4.69, 9.17) is 15.6 Å². The smallest absolute Gasteiger partial charge is 0.323 e. The van der Waals surface area contributed by atoms with Crippen molar-refractivity contribution in [2.45, 2.75) is 64.5 Å². The molecule has 0 saturated carbocycles. The van der Waals surface area contributed by atoms with E-state index in [1.165, 1.54) is 4.88 Å². The first kappa shape index (κ1) is 18.6. The number of carboxylic acid groups (broad SMARTS) is 1. The van der Waals surface area contributed by atoms with Crippen LogP contribution in [-0.4, -0.2) is 28.7 Å². The Morgan fingerprint density at radius 2 is 1.91 bits per heavy atom. The molecular weight excluding hydrogens is 302 g/mol. The second-order valence-electron chi connectivity index (χ2n) is 6.31. The van der Waals surface area contributed by atoms with Gasteiger partial charge in [0.05, 0.1) is 0 Å². The molecular formula is C16H25NO4S. The minimum absolute atomic E-state index is 0.210. The molecule has 0 aliphatic heterocycles. The Labute approximate surface area is 135 Å². The number of ether oxygens (including phenoxy) is 1. The lowest BCUT2D eigenvalue weighted by molar-refractivity contribution is -0.156. The van der Waals surface area contributed by atoms with Gasteiger partial charge in [0, 0.05) is 22.6 Å². The number of nitrogens with two attached hydrogens (primary N) is 1. The van der Waals surface area contributed by atoms with Crippen molar-refractivity contribution in [3.8, 4) is 0 Å². The van der Waals surface area contributed by atoms with Gasteiger partial charge in [0.2, 0.25) is 0 Å². The minimum Gasteiger partial charge on any atom is -0.481 e. The highest BCUT2D eigenvalue weighted by Gasteiger charge is 2.22. The summed E-state index contributed by atoms with van der Waals surface area (Å²) in [6.45, 7) is 5.45. The molecule has 1 atom stereocenters. The van der Waals surface area contributed by atoms with E-state index < -0.39 is 17.6 Å². The molecule has 0 saturated heterocycles. The van der Waals surface area contributed by atoms with Crippen LogP contribution >= 0.6 is 11.3 Å². The molecule has 0 aromatic carbocycles. The first-order valence-corrected chi connectivity index (χ1v) is 8.27. The summed E-state index contributed by atoms with van der Waals surface area (Å²) in [5.74, 6) is -1.14. The number of thiophene rings is 1. The van der Waals surface area contributed by atoms with Crippen LogP contribution in [0.4, 0.5) is 0 Å². The number of hydrogen-bond donors (Lipinski definition) is 2. The van der Waals surface area contributed by atoms with E-state index in [0.29, 0.717) is 12.8 Å². The SMILES string of the molecule is CC(C)(C)OC(=O)[C@@H](N)Cc1ccc(CCCCC(=O)O)s1. The Hall–Kier alpha value is -1.40. The number of aliphatic carboxylic acids is 1. The molecule has 0 aliphatic carbocycles. The summed E-state index contributed by atoms with van der Waals surface area (Å²) in [5.41, 5.74) is 5.36. The highest BCUT2D eigenvalue weighted by molar-refractivity contribution is 7.12. The number of carbonyl (C=O) groups is 2. The van der Waals surface area contributed by atoms with Crippen molar-refractivity contribution in [1.82, 2.24) is 0 Å². The zero-order valence-corrected chi connectivity index (χ0v) is 14.2. The fourth-order valence-electron chi connectivity index (χ4n) is 1.92. The van der Waals surface area contributed by atoms with E-state index in [-0.39, 0.29) is 12.4 Å².